The van der Waals surface area contributed by atoms with Crippen molar-refractivity contribution in [3.8, 4) is 0 Å². The molecule has 0 aliphatic carbocycles. The second-order valence-electron chi connectivity index (χ2n) is 11.7. The van der Waals surface area contributed by atoms with Crippen LogP contribution < -0.4 is 21.5 Å². The molecule has 6 rings (SSSR count). The Labute approximate surface area is 266 Å². The van der Waals surface area contributed by atoms with E-state index in [9.17, 15) is 27.6 Å². The SMILES string of the molecule is CC(=O)N1CC(=O)Nc2ccc(S(=O)(=O)C(C)C)c(c2)CNC(=O)C(Nc2ccc3nc[nH]c(=O)c3c2)c2cc(C)c(c(C)c2)C1. The number of aromatic nitrogens is 2. The number of H-pyrrole nitrogens is 1. The molecule has 0 fully saturated rings. The van der Waals surface area contributed by atoms with Crippen LogP contribution >= 0.6 is 0 Å². The Morgan fingerprint density at radius 2 is 1.72 bits per heavy atom. The summed E-state index contributed by atoms with van der Waals surface area (Å²) in [5, 5.41) is 8.52. The number of anilines is 2. The van der Waals surface area contributed by atoms with Crippen molar-refractivity contribution < 1.29 is 22.8 Å². The second-order valence-corrected chi connectivity index (χ2v) is 14.2. The second kappa shape index (κ2) is 12.8. The highest BCUT2D eigenvalue weighted by Crippen LogP contribution is 2.29. The Hall–Kier alpha value is -5.04. The Morgan fingerprint density at radius 3 is 2.39 bits per heavy atom. The van der Waals surface area contributed by atoms with Crippen LogP contribution in [0.3, 0.4) is 0 Å². The molecular weight excluding hydrogens is 608 g/mol. The molecule has 0 radical (unpaired) electrons. The maximum absolute atomic E-state index is 14.0. The molecule has 46 heavy (non-hydrogen) atoms. The Morgan fingerprint density at radius 1 is 1.00 bits per heavy atom. The van der Waals surface area contributed by atoms with Crippen molar-refractivity contribution in [1.29, 1.82) is 0 Å². The molecule has 240 valence electrons. The number of nitrogens with zero attached hydrogens (tertiary/aromatic N) is 2. The molecule has 3 amide bonds. The molecule has 0 saturated carbocycles. The molecule has 2 aliphatic rings. The molecule has 12 nitrogen and oxygen atoms in total. The van der Waals surface area contributed by atoms with Gasteiger partial charge in [0, 0.05) is 31.4 Å². The lowest BCUT2D eigenvalue weighted by Crippen LogP contribution is -2.37. The van der Waals surface area contributed by atoms with Crippen LogP contribution in [0.15, 0.2) is 64.5 Å². The van der Waals surface area contributed by atoms with Gasteiger partial charge in [-0.3, -0.25) is 19.2 Å². The number of nitrogens with one attached hydrogen (secondary N) is 4. The molecule has 2 aliphatic heterocycles. The number of sulfone groups is 1. The normalized spacial score (nSPS) is 16.0. The largest absolute Gasteiger partial charge is 0.370 e. The molecule has 1 aromatic heterocycles. The smallest absolute Gasteiger partial charge is 0.258 e. The maximum Gasteiger partial charge on any atom is 0.258 e. The molecule has 13 heteroatoms. The van der Waals surface area contributed by atoms with Crippen LogP contribution in [0.2, 0.25) is 0 Å². The molecule has 4 bridgehead atoms. The van der Waals surface area contributed by atoms with Gasteiger partial charge in [-0.25, -0.2) is 13.4 Å². The van der Waals surface area contributed by atoms with Gasteiger partial charge in [0.25, 0.3) is 5.56 Å². The van der Waals surface area contributed by atoms with Gasteiger partial charge in [-0.1, -0.05) is 12.1 Å². The lowest BCUT2D eigenvalue weighted by Gasteiger charge is -2.26. The number of amides is 3. The van der Waals surface area contributed by atoms with Crippen LogP contribution in [0.1, 0.15) is 54.6 Å². The molecule has 0 saturated heterocycles. The highest BCUT2D eigenvalue weighted by Gasteiger charge is 2.27. The van der Waals surface area contributed by atoms with Crippen LogP contribution in [0.25, 0.3) is 10.9 Å². The maximum atomic E-state index is 14.0. The first-order chi connectivity index (χ1) is 21.7. The minimum absolute atomic E-state index is 0.0362. The fourth-order valence-electron chi connectivity index (χ4n) is 5.52. The lowest BCUT2D eigenvalue weighted by molar-refractivity contribution is -0.133. The summed E-state index contributed by atoms with van der Waals surface area (Å²) in [6, 6.07) is 12.2. The van der Waals surface area contributed by atoms with Gasteiger partial charge < -0.3 is 25.8 Å². The van der Waals surface area contributed by atoms with E-state index in [1.165, 1.54) is 36.4 Å². The van der Waals surface area contributed by atoms with Crippen molar-refractivity contribution in [1.82, 2.24) is 20.2 Å². The fraction of sp³-hybridized carbons (Fsp3) is 0.303. The molecule has 3 heterocycles. The minimum atomic E-state index is -3.75. The molecule has 4 N–H and O–H groups in total. The third-order valence-corrected chi connectivity index (χ3v) is 10.4. The summed E-state index contributed by atoms with van der Waals surface area (Å²) in [6.45, 7) is 8.08. The van der Waals surface area contributed by atoms with E-state index in [1.54, 1.807) is 32.0 Å². The zero-order chi connectivity index (χ0) is 33.3. The average molecular weight is 645 g/mol. The van der Waals surface area contributed by atoms with Gasteiger partial charge in [0.1, 0.15) is 12.6 Å². The van der Waals surface area contributed by atoms with Gasteiger partial charge >= 0.3 is 0 Å². The third kappa shape index (κ3) is 6.64. The molecule has 1 unspecified atom stereocenters. The number of carbonyl (C=O) groups excluding carboxylic acids is 3. The van der Waals surface area contributed by atoms with Crippen molar-refractivity contribution in [2.45, 2.75) is 63.9 Å². The van der Waals surface area contributed by atoms with E-state index in [4.69, 9.17) is 0 Å². The van der Waals surface area contributed by atoms with E-state index in [2.05, 4.69) is 25.9 Å². The topological polar surface area (TPSA) is 170 Å². The first-order valence-corrected chi connectivity index (χ1v) is 16.3. The quantitative estimate of drug-likeness (QED) is 0.262. The number of benzene rings is 3. The predicted molar refractivity (Wildman–Crippen MR) is 175 cm³/mol. The summed E-state index contributed by atoms with van der Waals surface area (Å²) in [7, 11) is -3.75. The van der Waals surface area contributed by atoms with E-state index < -0.39 is 32.9 Å². The van der Waals surface area contributed by atoms with Crippen molar-refractivity contribution in [3.63, 3.8) is 0 Å². The summed E-state index contributed by atoms with van der Waals surface area (Å²) < 4.78 is 26.5. The minimum Gasteiger partial charge on any atom is -0.370 e. The summed E-state index contributed by atoms with van der Waals surface area (Å²) in [5.41, 5.74) is 4.35. The number of hydrogen-bond donors (Lipinski definition) is 4. The molecular formula is C33H36N6O6S. The van der Waals surface area contributed by atoms with Crippen molar-refractivity contribution >= 4 is 49.8 Å². The predicted octanol–water partition coefficient (Wildman–Crippen LogP) is 3.49. The molecule has 0 spiro atoms. The van der Waals surface area contributed by atoms with Crippen LogP contribution in [0.5, 0.6) is 0 Å². The summed E-state index contributed by atoms with van der Waals surface area (Å²) >= 11 is 0. The zero-order valence-corrected chi connectivity index (χ0v) is 27.0. The number of carbonyl (C=O) groups is 3. The van der Waals surface area contributed by atoms with Gasteiger partial charge in [0.05, 0.1) is 27.4 Å². The van der Waals surface area contributed by atoms with E-state index in [1.807, 2.05) is 26.0 Å². The van der Waals surface area contributed by atoms with E-state index in [0.717, 1.165) is 16.7 Å². The number of rotatable bonds is 4. The molecule has 1 atom stereocenters. The highest BCUT2D eigenvalue weighted by molar-refractivity contribution is 7.92. The van der Waals surface area contributed by atoms with Gasteiger partial charge in [-0.15, -0.1) is 0 Å². The number of aryl methyl sites for hydroxylation is 2. The van der Waals surface area contributed by atoms with Crippen molar-refractivity contribution in [2.24, 2.45) is 0 Å². The third-order valence-electron chi connectivity index (χ3n) is 8.12. The highest BCUT2D eigenvalue weighted by atomic mass is 32.2. The van der Waals surface area contributed by atoms with Crippen molar-refractivity contribution in [2.75, 3.05) is 17.2 Å². The van der Waals surface area contributed by atoms with E-state index in [0.29, 0.717) is 33.4 Å². The van der Waals surface area contributed by atoms with Crippen LogP contribution in [0.4, 0.5) is 11.4 Å². The monoisotopic (exact) mass is 644 g/mol. The van der Waals surface area contributed by atoms with Crippen LogP contribution in [0, 0.1) is 13.8 Å². The summed E-state index contributed by atoms with van der Waals surface area (Å²) in [5.74, 6) is -1.19. The first-order valence-electron chi connectivity index (χ1n) is 14.8. The Kier molecular flexibility index (Phi) is 8.97. The van der Waals surface area contributed by atoms with Gasteiger partial charge in [0.2, 0.25) is 17.7 Å². The van der Waals surface area contributed by atoms with Gasteiger partial charge in [0.15, 0.2) is 9.84 Å². The van der Waals surface area contributed by atoms with Crippen LogP contribution in [-0.2, 0) is 37.3 Å². The Balaban J connectivity index is 1.63. The molecule has 4 aromatic rings. The van der Waals surface area contributed by atoms with Gasteiger partial charge in [-0.05, 0) is 91.9 Å². The van der Waals surface area contributed by atoms with Gasteiger partial charge in [-0.2, -0.15) is 0 Å². The van der Waals surface area contributed by atoms with Crippen molar-refractivity contribution in [3.05, 3.63) is 93.0 Å². The Bertz CT molecular complexity index is 2020. The van der Waals surface area contributed by atoms with E-state index >= 15 is 0 Å². The lowest BCUT2D eigenvalue weighted by atomic mass is 9.94. The van der Waals surface area contributed by atoms with Crippen LogP contribution in [-0.4, -0.2) is 52.8 Å². The number of hydrogen-bond acceptors (Lipinski definition) is 8. The standard InChI is InChI=1S/C33H36N6O6S/c1-18(2)46(44,45)29-9-7-24-12-23(29)14-34-33(43)31(38-25-6-8-28-26(13-25)32(42)36-17-35-28)22-10-19(3)27(20(4)11-22)15-39(21(5)40)16-30(41)37-24/h6-13,17-18,31,38H,14-16H2,1-5H3,(H,34,43)(H,37,41)(H,35,36,42). The first kappa shape index (κ1) is 32.4. The average Bonchev–Trinajstić information content (AvgIpc) is 2.99. The fourth-order valence-corrected chi connectivity index (χ4v) is 6.79. The summed E-state index contributed by atoms with van der Waals surface area (Å²) in [6.07, 6.45) is 1.32. The number of fused-ring (bicyclic) bond motifs is 10. The van der Waals surface area contributed by atoms with E-state index in [-0.39, 0.29) is 36.0 Å². The summed E-state index contributed by atoms with van der Waals surface area (Å²) in [4.78, 5) is 60.4. The zero-order valence-electron chi connectivity index (χ0n) is 26.2. The number of aromatic amines is 1. The molecule has 3 aromatic carbocycles.